The van der Waals surface area contributed by atoms with Gasteiger partial charge in [0.1, 0.15) is 17.4 Å². The number of anilines is 1. The fraction of sp³-hybridized carbons (Fsp3) is 0.533. The summed E-state index contributed by atoms with van der Waals surface area (Å²) < 4.78 is 11.6. The smallest absolute Gasteiger partial charge is 0.310 e. The molecule has 1 aromatic carbocycles. The summed E-state index contributed by atoms with van der Waals surface area (Å²) in [5, 5.41) is 13.1. The van der Waals surface area contributed by atoms with Crippen molar-refractivity contribution in [2.24, 2.45) is 17.3 Å². The highest BCUT2D eigenvalue weighted by molar-refractivity contribution is 5.90. The van der Waals surface area contributed by atoms with Crippen LogP contribution in [-0.2, 0) is 32.0 Å². The number of benzene rings is 1. The van der Waals surface area contributed by atoms with E-state index in [0.717, 1.165) is 24.2 Å². The number of rotatable bonds is 8. The first-order chi connectivity index (χ1) is 18.6. The summed E-state index contributed by atoms with van der Waals surface area (Å²) in [6.07, 6.45) is 3.43. The molecule has 9 nitrogen and oxygen atoms in total. The van der Waals surface area contributed by atoms with Crippen LogP contribution in [-0.4, -0.2) is 53.6 Å². The number of nitrogens with zero attached hydrogens (tertiary/aromatic N) is 1. The third-order valence-corrected chi connectivity index (χ3v) is 7.18. The topological polar surface area (TPSA) is 141 Å². The number of carbonyl (C=O) groups excluding carboxylic acids is 2. The highest BCUT2D eigenvalue weighted by Gasteiger charge is 2.37. The van der Waals surface area contributed by atoms with Crippen molar-refractivity contribution in [3.63, 3.8) is 0 Å². The van der Waals surface area contributed by atoms with Gasteiger partial charge in [-0.2, -0.15) is 0 Å². The molecule has 0 saturated heterocycles. The monoisotopic (exact) mass is 539 g/mol. The van der Waals surface area contributed by atoms with E-state index in [9.17, 15) is 19.5 Å². The van der Waals surface area contributed by atoms with Crippen LogP contribution in [0.5, 0.6) is 5.75 Å². The van der Waals surface area contributed by atoms with Crippen molar-refractivity contribution in [3.05, 3.63) is 53.7 Å². The Morgan fingerprint density at radius 3 is 2.51 bits per heavy atom. The lowest BCUT2D eigenvalue weighted by molar-refractivity contribution is -0.150. The number of Topliss-reactive ketones (excluding diaryl/α,β-unsaturated/α-hetero) is 1. The molecule has 9 heteroatoms. The van der Waals surface area contributed by atoms with Crippen LogP contribution in [0.2, 0.25) is 0 Å². The van der Waals surface area contributed by atoms with Crippen LogP contribution in [0.25, 0.3) is 0 Å². The minimum atomic E-state index is -1.35. The molecule has 0 aliphatic carbocycles. The number of hydrogen-bond donors (Lipinski definition) is 3. The molecule has 4 N–H and O–H groups in total. The van der Waals surface area contributed by atoms with Crippen LogP contribution in [0, 0.1) is 17.3 Å². The molecule has 0 spiro atoms. The number of nitrogens with two attached hydrogens (primary N) is 1. The molecule has 0 radical (unpaired) electrons. The summed E-state index contributed by atoms with van der Waals surface area (Å²) in [4.78, 5) is 43.1. The van der Waals surface area contributed by atoms with Gasteiger partial charge in [-0.05, 0) is 67.9 Å². The Hall–Kier alpha value is -3.46. The van der Waals surface area contributed by atoms with Crippen molar-refractivity contribution in [2.45, 2.75) is 65.3 Å². The predicted octanol–water partition coefficient (Wildman–Crippen LogP) is 3.84. The minimum Gasteiger partial charge on any atom is -0.494 e. The summed E-state index contributed by atoms with van der Waals surface area (Å²) in [5.74, 6) is -1.04. The van der Waals surface area contributed by atoms with Crippen LogP contribution >= 0.6 is 0 Å². The zero-order valence-corrected chi connectivity index (χ0v) is 23.2. The first-order valence-corrected chi connectivity index (χ1v) is 13.6. The quantitative estimate of drug-likeness (QED) is 0.460. The highest BCUT2D eigenvalue weighted by atomic mass is 16.5. The standard InChI is InChI=1S/C30H41N3O6/c1-20(2)26-19-38-12-4-5-13-39-25-9-6-21(7-10-25)14-23(28(35)33-26)15-24(34)17-30(3,29(36)37)16-22-8-11-27(31)32-18-22/h6-11,18,20,23,26H,4-5,12-17,19H2,1-3H3,(H2,31,32)(H,33,35)(H,36,37)/t23-,26+,30+/m0/s1. The first-order valence-electron chi connectivity index (χ1n) is 13.6. The van der Waals surface area contributed by atoms with Gasteiger partial charge in [-0.1, -0.05) is 32.0 Å². The number of amides is 1. The van der Waals surface area contributed by atoms with Gasteiger partial charge >= 0.3 is 5.97 Å². The number of aliphatic carboxylic acids is 1. The Kier molecular flexibility index (Phi) is 10.9. The molecule has 2 aromatic rings. The van der Waals surface area contributed by atoms with E-state index >= 15 is 0 Å². The van der Waals surface area contributed by atoms with Crippen molar-refractivity contribution < 1.29 is 29.0 Å². The first kappa shape index (κ1) is 30.1. The Morgan fingerprint density at radius 1 is 1.15 bits per heavy atom. The van der Waals surface area contributed by atoms with Gasteiger partial charge < -0.3 is 25.6 Å². The van der Waals surface area contributed by atoms with E-state index < -0.39 is 17.3 Å². The fourth-order valence-corrected chi connectivity index (χ4v) is 4.66. The van der Waals surface area contributed by atoms with E-state index in [1.807, 2.05) is 38.1 Å². The number of aromatic nitrogens is 1. The number of fused-ring (bicyclic) bond motifs is 13. The van der Waals surface area contributed by atoms with Crippen LogP contribution in [0.4, 0.5) is 5.82 Å². The predicted molar refractivity (Wildman–Crippen MR) is 148 cm³/mol. The van der Waals surface area contributed by atoms with Crippen molar-refractivity contribution in [1.82, 2.24) is 10.3 Å². The van der Waals surface area contributed by atoms with Crippen LogP contribution in [0.1, 0.15) is 57.6 Å². The summed E-state index contributed by atoms with van der Waals surface area (Å²) >= 11 is 0. The van der Waals surface area contributed by atoms with Crippen molar-refractivity contribution in [1.29, 1.82) is 0 Å². The SMILES string of the molecule is CC(C)[C@H]1COCCCCOc2ccc(cc2)C[C@@H](CC(=O)C[C@@](C)(Cc2ccc(N)nc2)C(=O)O)C(=O)N1. The van der Waals surface area contributed by atoms with E-state index in [0.29, 0.717) is 37.6 Å². The number of carbonyl (C=O) groups is 3. The maximum atomic E-state index is 13.5. The lowest BCUT2D eigenvalue weighted by Crippen LogP contribution is -2.45. The van der Waals surface area contributed by atoms with Gasteiger partial charge in [-0.25, -0.2) is 4.98 Å². The molecular formula is C30H41N3O6. The number of ether oxygens (including phenoxy) is 2. The van der Waals surface area contributed by atoms with Crippen molar-refractivity contribution >= 4 is 23.5 Å². The summed E-state index contributed by atoms with van der Waals surface area (Å²) in [7, 11) is 0. The molecule has 0 fully saturated rings. The molecule has 1 aromatic heterocycles. The number of pyridine rings is 1. The van der Waals surface area contributed by atoms with Crippen LogP contribution in [0.15, 0.2) is 42.6 Å². The second-order valence-corrected chi connectivity index (χ2v) is 11.1. The maximum Gasteiger partial charge on any atom is 0.310 e. The minimum absolute atomic E-state index is 0.0708. The van der Waals surface area contributed by atoms with Crippen molar-refractivity contribution in [2.75, 3.05) is 25.6 Å². The Morgan fingerprint density at radius 2 is 1.87 bits per heavy atom. The molecule has 1 amide bonds. The zero-order valence-electron chi connectivity index (χ0n) is 23.2. The van der Waals surface area contributed by atoms with Gasteiger partial charge in [0.15, 0.2) is 0 Å². The molecule has 212 valence electrons. The highest BCUT2D eigenvalue weighted by Crippen LogP contribution is 2.30. The van der Waals surface area contributed by atoms with Crippen LogP contribution in [0.3, 0.4) is 0 Å². The Bertz CT molecular complexity index is 1100. The Balaban J connectivity index is 1.79. The molecule has 3 heterocycles. The molecule has 4 rings (SSSR count). The number of ketones is 1. The lowest BCUT2D eigenvalue weighted by atomic mass is 9.78. The number of carboxylic acids is 1. The number of hydrogen-bond acceptors (Lipinski definition) is 7. The van der Waals surface area contributed by atoms with Gasteiger partial charge in [0.05, 0.1) is 24.7 Å². The van der Waals surface area contributed by atoms with Gasteiger partial charge in [0.2, 0.25) is 5.91 Å². The molecule has 0 unspecified atom stereocenters. The molecule has 2 bridgehead atoms. The van der Waals surface area contributed by atoms with E-state index in [4.69, 9.17) is 15.2 Å². The molecule has 3 atom stereocenters. The summed E-state index contributed by atoms with van der Waals surface area (Å²) in [6.45, 7) is 7.13. The summed E-state index contributed by atoms with van der Waals surface area (Å²) in [6, 6.07) is 10.7. The van der Waals surface area contributed by atoms with Gasteiger partial charge in [0, 0.05) is 31.6 Å². The molecule has 2 aliphatic rings. The van der Waals surface area contributed by atoms with Gasteiger partial charge in [-0.3, -0.25) is 14.4 Å². The zero-order chi connectivity index (χ0) is 28.4. The largest absolute Gasteiger partial charge is 0.494 e. The second-order valence-electron chi connectivity index (χ2n) is 11.1. The average Bonchev–Trinajstić information content (AvgIpc) is 2.88. The lowest BCUT2D eigenvalue weighted by Gasteiger charge is -2.27. The van der Waals surface area contributed by atoms with E-state index in [1.165, 1.54) is 6.20 Å². The molecule has 2 aliphatic heterocycles. The van der Waals surface area contributed by atoms with Gasteiger partial charge in [0.25, 0.3) is 0 Å². The van der Waals surface area contributed by atoms with E-state index in [-0.39, 0.29) is 42.9 Å². The van der Waals surface area contributed by atoms with Crippen molar-refractivity contribution in [3.8, 4) is 5.75 Å². The Labute approximate surface area is 230 Å². The second kappa shape index (κ2) is 14.1. The number of nitrogens with one attached hydrogen (secondary N) is 1. The molecule has 39 heavy (non-hydrogen) atoms. The third-order valence-electron chi connectivity index (χ3n) is 7.18. The average molecular weight is 540 g/mol. The van der Waals surface area contributed by atoms with Crippen LogP contribution < -0.4 is 15.8 Å². The molecule has 0 saturated carbocycles. The number of nitrogen functional groups attached to an aromatic ring is 1. The van der Waals surface area contributed by atoms with Gasteiger partial charge in [-0.15, -0.1) is 0 Å². The maximum absolute atomic E-state index is 13.5. The number of carboxylic acid groups (broad SMARTS) is 1. The third kappa shape index (κ3) is 9.35. The molecular weight excluding hydrogens is 498 g/mol. The van der Waals surface area contributed by atoms with E-state index in [1.54, 1.807) is 19.1 Å². The fourth-order valence-electron chi connectivity index (χ4n) is 4.66. The normalized spacial score (nSPS) is 20.6. The summed E-state index contributed by atoms with van der Waals surface area (Å²) in [5.41, 5.74) is 5.87. The van der Waals surface area contributed by atoms with E-state index in [2.05, 4.69) is 10.3 Å².